The summed E-state index contributed by atoms with van der Waals surface area (Å²) in [5.74, 6) is -2.83. The van der Waals surface area contributed by atoms with Gasteiger partial charge in [0, 0.05) is 11.1 Å². The van der Waals surface area contributed by atoms with Crippen molar-refractivity contribution in [2.75, 3.05) is 5.32 Å². The molecule has 2 aromatic carbocycles. The number of hydrogen-bond acceptors (Lipinski definition) is 6. The number of amides is 1. The molecule has 1 N–H and O–H groups in total. The summed E-state index contributed by atoms with van der Waals surface area (Å²) >= 11 is 0. The molecule has 0 spiro atoms. The smallest absolute Gasteiger partial charge is 0.276 e. The van der Waals surface area contributed by atoms with Gasteiger partial charge in [0.25, 0.3) is 5.91 Å². The van der Waals surface area contributed by atoms with Crippen LogP contribution in [0.25, 0.3) is 11.3 Å². The average molecular weight is 436 g/mol. The molecular formula is C23H18F2N4O3. The molecule has 4 rings (SSSR count). The average Bonchev–Trinajstić information content (AvgIpc) is 3.04. The zero-order chi connectivity index (χ0) is 23.0. The maximum absolute atomic E-state index is 13.8. The van der Waals surface area contributed by atoms with E-state index in [1.54, 1.807) is 26.0 Å². The van der Waals surface area contributed by atoms with Crippen molar-refractivity contribution in [3.8, 4) is 11.3 Å². The molecule has 0 atom stereocenters. The van der Waals surface area contributed by atoms with Gasteiger partial charge in [-0.25, -0.2) is 13.8 Å². The van der Waals surface area contributed by atoms with E-state index in [0.29, 0.717) is 16.8 Å². The molecule has 9 heteroatoms. The van der Waals surface area contributed by atoms with Gasteiger partial charge in [0.2, 0.25) is 5.78 Å². The highest BCUT2D eigenvalue weighted by molar-refractivity contribution is 6.49. The Balaban J connectivity index is 1.59. The molecule has 1 aliphatic heterocycles. The molecule has 0 radical (unpaired) electrons. The first-order valence-corrected chi connectivity index (χ1v) is 9.67. The van der Waals surface area contributed by atoms with Gasteiger partial charge in [-0.2, -0.15) is 0 Å². The maximum atomic E-state index is 13.8. The van der Waals surface area contributed by atoms with E-state index < -0.39 is 28.8 Å². The van der Waals surface area contributed by atoms with Crippen LogP contribution < -0.4 is 5.32 Å². The number of rotatable bonds is 4. The lowest BCUT2D eigenvalue weighted by molar-refractivity contribution is -0.128. The highest BCUT2D eigenvalue weighted by Gasteiger charge is 2.40. The van der Waals surface area contributed by atoms with Crippen molar-refractivity contribution in [2.45, 2.75) is 26.4 Å². The molecule has 0 saturated carbocycles. The summed E-state index contributed by atoms with van der Waals surface area (Å²) in [5.41, 5.74) is 1.08. The first kappa shape index (κ1) is 21.2. The van der Waals surface area contributed by atoms with Crippen LogP contribution >= 0.6 is 0 Å². The van der Waals surface area contributed by atoms with Gasteiger partial charge in [-0.3, -0.25) is 14.6 Å². The Morgan fingerprint density at radius 1 is 1.06 bits per heavy atom. The summed E-state index contributed by atoms with van der Waals surface area (Å²) in [5, 5.41) is 6.08. The second-order valence-corrected chi connectivity index (χ2v) is 7.74. The molecule has 32 heavy (non-hydrogen) atoms. The van der Waals surface area contributed by atoms with Gasteiger partial charge >= 0.3 is 0 Å². The minimum absolute atomic E-state index is 0.115. The van der Waals surface area contributed by atoms with E-state index in [0.717, 1.165) is 17.7 Å². The summed E-state index contributed by atoms with van der Waals surface area (Å²) in [6.45, 7) is 5.15. The Labute approximate surface area is 182 Å². The van der Waals surface area contributed by atoms with Crippen molar-refractivity contribution in [1.29, 1.82) is 0 Å². The van der Waals surface area contributed by atoms with Gasteiger partial charge in [0.05, 0.1) is 18.1 Å². The van der Waals surface area contributed by atoms with Crippen molar-refractivity contribution in [3.63, 3.8) is 0 Å². The molecule has 162 valence electrons. The zero-order valence-electron chi connectivity index (χ0n) is 17.4. The Kier molecular flexibility index (Phi) is 5.25. The van der Waals surface area contributed by atoms with Gasteiger partial charge in [-0.1, -0.05) is 23.4 Å². The lowest BCUT2D eigenvalue weighted by Gasteiger charge is -2.12. The van der Waals surface area contributed by atoms with Crippen molar-refractivity contribution < 1.29 is 23.2 Å². The molecule has 0 unspecified atom stereocenters. The lowest BCUT2D eigenvalue weighted by atomic mass is 9.93. The number of carbonyl (C=O) groups excluding carboxylic acids is 2. The quantitative estimate of drug-likeness (QED) is 0.666. The molecule has 0 fully saturated rings. The molecule has 2 heterocycles. The van der Waals surface area contributed by atoms with Gasteiger partial charge in [-0.15, -0.1) is 0 Å². The van der Waals surface area contributed by atoms with Crippen molar-refractivity contribution in [2.24, 2.45) is 5.16 Å². The number of carbonyl (C=O) groups is 2. The van der Waals surface area contributed by atoms with Gasteiger partial charge in [-0.05, 0) is 44.5 Å². The minimum atomic E-state index is -1.02. The third-order valence-electron chi connectivity index (χ3n) is 5.00. The molecule has 0 saturated heterocycles. The maximum Gasteiger partial charge on any atom is 0.276 e. The van der Waals surface area contributed by atoms with Gasteiger partial charge in [0.1, 0.15) is 23.0 Å². The number of Topliss-reactive ketones (excluding diaryl/α,β-unsaturated/α-hetero) is 1. The Bertz CT molecular complexity index is 1250. The van der Waals surface area contributed by atoms with Crippen LogP contribution in [0.2, 0.25) is 0 Å². The molecule has 1 amide bonds. The molecule has 1 aromatic heterocycles. The number of halogens is 2. The number of ketones is 1. The Morgan fingerprint density at radius 3 is 2.38 bits per heavy atom. The molecule has 0 aliphatic carbocycles. The number of para-hydroxylation sites is 1. The molecule has 1 aliphatic rings. The summed E-state index contributed by atoms with van der Waals surface area (Å²) < 4.78 is 27.5. The van der Waals surface area contributed by atoms with E-state index in [1.807, 2.05) is 13.0 Å². The van der Waals surface area contributed by atoms with E-state index >= 15 is 0 Å². The summed E-state index contributed by atoms with van der Waals surface area (Å²) in [7, 11) is 0. The van der Waals surface area contributed by atoms with E-state index in [9.17, 15) is 18.4 Å². The summed E-state index contributed by atoms with van der Waals surface area (Å²) in [6, 6.07) is 8.59. The van der Waals surface area contributed by atoms with Crippen molar-refractivity contribution in [1.82, 2.24) is 9.97 Å². The lowest BCUT2D eigenvalue weighted by Crippen LogP contribution is -2.33. The third-order valence-corrected chi connectivity index (χ3v) is 5.00. The fourth-order valence-corrected chi connectivity index (χ4v) is 3.14. The highest BCUT2D eigenvalue weighted by Crippen LogP contribution is 2.27. The van der Waals surface area contributed by atoms with Crippen LogP contribution in [0.4, 0.5) is 14.5 Å². The standard InChI is InChI=1S/C23H18F2N4O3/c1-12-7-8-13(19-21(30)23(2,3)32-29-19)9-14(12)17-10-27-18(11-26-17)22(31)28-20-15(24)5-4-6-16(20)25/h4-11H,1-3H3,(H,28,31). The second kappa shape index (κ2) is 7.92. The van der Waals surface area contributed by atoms with Crippen LogP contribution in [-0.4, -0.2) is 33.0 Å². The van der Waals surface area contributed by atoms with E-state index in [4.69, 9.17) is 4.84 Å². The van der Waals surface area contributed by atoms with Crippen LogP contribution in [0.5, 0.6) is 0 Å². The van der Waals surface area contributed by atoms with Crippen LogP contribution in [0.3, 0.4) is 0 Å². The number of hydrogen-bond donors (Lipinski definition) is 1. The Hall–Kier alpha value is -4.01. The van der Waals surface area contributed by atoms with Crippen LogP contribution in [0.15, 0.2) is 53.9 Å². The number of nitrogens with one attached hydrogen (secondary N) is 1. The molecule has 0 bridgehead atoms. The number of aryl methyl sites for hydroxylation is 1. The molecule has 7 nitrogen and oxygen atoms in total. The summed E-state index contributed by atoms with van der Waals surface area (Å²) in [6.07, 6.45) is 2.58. The largest absolute Gasteiger partial charge is 0.381 e. The number of aromatic nitrogens is 2. The van der Waals surface area contributed by atoms with Crippen molar-refractivity contribution >= 4 is 23.1 Å². The SMILES string of the molecule is Cc1ccc(C2=NOC(C)(C)C2=O)cc1-c1cnc(C(=O)Nc2c(F)cccc2F)cn1. The topological polar surface area (TPSA) is 93.5 Å². The summed E-state index contributed by atoms with van der Waals surface area (Å²) in [4.78, 5) is 38.4. The second-order valence-electron chi connectivity index (χ2n) is 7.74. The predicted octanol–water partition coefficient (Wildman–Crippen LogP) is 4.06. The van der Waals surface area contributed by atoms with Crippen molar-refractivity contribution in [3.05, 3.63) is 77.2 Å². The third kappa shape index (κ3) is 3.84. The fraction of sp³-hybridized carbons (Fsp3) is 0.174. The van der Waals surface area contributed by atoms with E-state index in [-0.39, 0.29) is 17.2 Å². The van der Waals surface area contributed by atoms with Gasteiger partial charge in [0.15, 0.2) is 11.3 Å². The zero-order valence-corrected chi connectivity index (χ0v) is 17.4. The van der Waals surface area contributed by atoms with E-state index in [1.165, 1.54) is 18.5 Å². The normalized spacial score (nSPS) is 14.7. The number of benzene rings is 2. The van der Waals surface area contributed by atoms with E-state index in [2.05, 4.69) is 20.4 Å². The van der Waals surface area contributed by atoms with Crippen LogP contribution in [0.1, 0.15) is 35.5 Å². The first-order chi connectivity index (χ1) is 15.2. The Morgan fingerprint density at radius 2 is 1.78 bits per heavy atom. The predicted molar refractivity (Wildman–Crippen MR) is 113 cm³/mol. The number of anilines is 1. The number of oxime groups is 1. The van der Waals surface area contributed by atoms with Crippen LogP contribution in [-0.2, 0) is 9.63 Å². The fourth-order valence-electron chi connectivity index (χ4n) is 3.14. The number of nitrogens with zero attached hydrogens (tertiary/aromatic N) is 3. The highest BCUT2D eigenvalue weighted by atomic mass is 19.1. The van der Waals surface area contributed by atoms with Crippen LogP contribution in [0, 0.1) is 18.6 Å². The van der Waals surface area contributed by atoms with Gasteiger partial charge < -0.3 is 10.2 Å². The molecule has 3 aromatic rings. The first-order valence-electron chi connectivity index (χ1n) is 9.67. The monoisotopic (exact) mass is 436 g/mol. The minimum Gasteiger partial charge on any atom is -0.381 e. The molecular weight excluding hydrogens is 418 g/mol.